The lowest BCUT2D eigenvalue weighted by atomic mass is 9.77. The van der Waals surface area contributed by atoms with E-state index in [1.165, 1.54) is 36.4 Å². The Kier molecular flexibility index (Phi) is 9.11. The maximum Gasteiger partial charge on any atom is 0.340 e. The van der Waals surface area contributed by atoms with Crippen molar-refractivity contribution in [1.29, 1.82) is 0 Å². The van der Waals surface area contributed by atoms with Crippen molar-refractivity contribution in [2.45, 2.75) is 18.4 Å². The standard InChI is InChI=1S/C34H29N3O12/c38-22-5-8-25-31(18-22)48-32-19-23(39)6-9-26(32)34(25)27-16-20(3-7-24(27)33(41)49-34)30(40)2-1-12-46-14-15-47-13-11-35-28-10-4-21(36(42)43)17-29(28)37(44)45/h3-10,16-19,35,38-39H,1-2,11-15H2. The first-order valence-electron chi connectivity index (χ1n) is 15.2. The molecule has 1 spiro atoms. The molecule has 0 unspecified atom stereocenters. The van der Waals surface area contributed by atoms with E-state index in [-0.39, 0.29) is 85.1 Å². The Balaban J connectivity index is 1.02. The van der Waals surface area contributed by atoms with E-state index in [9.17, 15) is 40.0 Å². The van der Waals surface area contributed by atoms with Crippen LogP contribution in [-0.4, -0.2) is 64.8 Å². The summed E-state index contributed by atoms with van der Waals surface area (Å²) in [6.45, 7) is 1.19. The van der Waals surface area contributed by atoms with Crippen LogP contribution in [0.15, 0.2) is 72.8 Å². The third-order valence-corrected chi connectivity index (χ3v) is 8.11. The third kappa shape index (κ3) is 6.44. The minimum atomic E-state index is -1.47. The van der Waals surface area contributed by atoms with Crippen molar-refractivity contribution >= 4 is 28.8 Å². The number of ether oxygens (including phenoxy) is 4. The summed E-state index contributed by atoms with van der Waals surface area (Å²) in [5, 5.41) is 45.2. The fourth-order valence-electron chi connectivity index (χ4n) is 5.87. The van der Waals surface area contributed by atoms with Gasteiger partial charge in [0.2, 0.25) is 0 Å². The molecule has 0 saturated carbocycles. The number of nitro benzene ring substituents is 2. The van der Waals surface area contributed by atoms with Gasteiger partial charge in [-0.2, -0.15) is 0 Å². The molecule has 0 radical (unpaired) electrons. The van der Waals surface area contributed by atoms with Gasteiger partial charge in [0.25, 0.3) is 11.4 Å². The van der Waals surface area contributed by atoms with Crippen molar-refractivity contribution < 1.29 is 48.6 Å². The zero-order chi connectivity index (χ0) is 34.7. The predicted molar refractivity (Wildman–Crippen MR) is 171 cm³/mol. The minimum Gasteiger partial charge on any atom is -0.508 e. The number of nitro groups is 2. The van der Waals surface area contributed by atoms with E-state index in [0.29, 0.717) is 28.7 Å². The van der Waals surface area contributed by atoms with Gasteiger partial charge in [0.15, 0.2) is 11.4 Å². The molecular weight excluding hydrogens is 642 g/mol. The fraction of sp³-hybridized carbons (Fsp3) is 0.235. The lowest BCUT2D eigenvalue weighted by Gasteiger charge is -2.36. The molecule has 2 heterocycles. The van der Waals surface area contributed by atoms with Crippen molar-refractivity contribution in [2.75, 3.05) is 38.3 Å². The summed E-state index contributed by atoms with van der Waals surface area (Å²) in [5.74, 6) is -0.419. The average Bonchev–Trinajstić information content (AvgIpc) is 3.36. The molecule has 0 bridgehead atoms. The van der Waals surface area contributed by atoms with Gasteiger partial charge in [-0.3, -0.25) is 25.0 Å². The van der Waals surface area contributed by atoms with Crippen LogP contribution in [0.4, 0.5) is 17.1 Å². The fourth-order valence-corrected chi connectivity index (χ4v) is 5.87. The predicted octanol–water partition coefficient (Wildman–Crippen LogP) is 5.59. The molecule has 0 atom stereocenters. The molecule has 49 heavy (non-hydrogen) atoms. The molecule has 4 aromatic carbocycles. The highest BCUT2D eigenvalue weighted by Crippen LogP contribution is 2.57. The Labute approximate surface area is 277 Å². The van der Waals surface area contributed by atoms with Crippen molar-refractivity contribution in [3.8, 4) is 23.0 Å². The number of non-ortho nitro benzene ring substituents is 1. The number of aromatic hydroxyl groups is 2. The van der Waals surface area contributed by atoms with Crippen LogP contribution in [0.5, 0.6) is 23.0 Å². The molecule has 4 aromatic rings. The van der Waals surface area contributed by atoms with Crippen molar-refractivity contribution in [2.24, 2.45) is 0 Å². The van der Waals surface area contributed by atoms with Gasteiger partial charge in [-0.1, -0.05) is 6.07 Å². The average molecular weight is 672 g/mol. The number of benzene rings is 4. The first-order chi connectivity index (χ1) is 23.6. The number of anilines is 1. The van der Waals surface area contributed by atoms with E-state index >= 15 is 0 Å². The minimum absolute atomic E-state index is 0.0651. The van der Waals surface area contributed by atoms with Gasteiger partial charge < -0.3 is 34.5 Å². The highest BCUT2D eigenvalue weighted by Gasteiger charge is 2.53. The van der Waals surface area contributed by atoms with Crippen LogP contribution in [0, 0.1) is 20.2 Å². The number of hydrogen-bond acceptors (Lipinski definition) is 13. The summed E-state index contributed by atoms with van der Waals surface area (Å²) in [6.07, 6.45) is 0.581. The molecule has 252 valence electrons. The Morgan fingerprint density at radius 1 is 0.796 bits per heavy atom. The molecule has 15 heteroatoms. The second-order valence-corrected chi connectivity index (χ2v) is 11.2. The summed E-state index contributed by atoms with van der Waals surface area (Å²) in [7, 11) is 0. The quantitative estimate of drug-likeness (QED) is 0.0491. The van der Waals surface area contributed by atoms with Crippen molar-refractivity contribution in [3.05, 3.63) is 121 Å². The molecule has 0 aromatic heterocycles. The number of carbonyl (C=O) groups is 2. The van der Waals surface area contributed by atoms with Gasteiger partial charge >= 0.3 is 5.97 Å². The molecular formula is C34H29N3O12. The van der Waals surface area contributed by atoms with E-state index < -0.39 is 27.1 Å². The molecule has 0 amide bonds. The normalized spacial score (nSPS) is 13.5. The summed E-state index contributed by atoms with van der Waals surface area (Å²) in [6, 6.07) is 17.0. The molecule has 0 fully saturated rings. The van der Waals surface area contributed by atoms with Crippen LogP contribution >= 0.6 is 0 Å². The smallest absolute Gasteiger partial charge is 0.340 e. The summed E-state index contributed by atoms with van der Waals surface area (Å²) in [5.41, 5.74) is -0.113. The van der Waals surface area contributed by atoms with Crippen LogP contribution < -0.4 is 10.1 Å². The summed E-state index contributed by atoms with van der Waals surface area (Å²) in [4.78, 5) is 47.1. The highest BCUT2D eigenvalue weighted by atomic mass is 16.6. The Morgan fingerprint density at radius 2 is 1.47 bits per heavy atom. The van der Waals surface area contributed by atoms with Gasteiger partial charge in [-0.15, -0.1) is 0 Å². The zero-order valence-electron chi connectivity index (χ0n) is 25.7. The second kappa shape index (κ2) is 13.6. The Morgan fingerprint density at radius 3 is 2.12 bits per heavy atom. The van der Waals surface area contributed by atoms with Crippen LogP contribution in [0.1, 0.15) is 50.2 Å². The number of nitrogens with zero attached hydrogens (tertiary/aromatic N) is 2. The number of nitrogens with one attached hydrogen (secondary N) is 1. The number of ketones is 1. The molecule has 2 aliphatic rings. The third-order valence-electron chi connectivity index (χ3n) is 8.11. The zero-order valence-corrected chi connectivity index (χ0v) is 25.7. The number of esters is 1. The van der Waals surface area contributed by atoms with E-state index in [0.717, 1.165) is 6.07 Å². The van der Waals surface area contributed by atoms with E-state index in [1.807, 2.05) is 0 Å². The first-order valence-corrected chi connectivity index (χ1v) is 15.2. The first kappa shape index (κ1) is 32.9. The summed E-state index contributed by atoms with van der Waals surface area (Å²) < 4.78 is 23.1. The number of carbonyl (C=O) groups excluding carboxylic acids is 2. The van der Waals surface area contributed by atoms with Gasteiger partial charge in [-0.05, 0) is 48.9 Å². The van der Waals surface area contributed by atoms with Crippen molar-refractivity contribution in [1.82, 2.24) is 0 Å². The molecule has 2 aliphatic heterocycles. The molecule has 3 N–H and O–H groups in total. The van der Waals surface area contributed by atoms with Crippen LogP contribution in [0.25, 0.3) is 0 Å². The lowest BCUT2D eigenvalue weighted by Crippen LogP contribution is -2.33. The van der Waals surface area contributed by atoms with Crippen molar-refractivity contribution in [3.63, 3.8) is 0 Å². The van der Waals surface area contributed by atoms with Crippen LogP contribution in [0.3, 0.4) is 0 Å². The maximum absolute atomic E-state index is 13.2. The molecule has 6 rings (SSSR count). The van der Waals surface area contributed by atoms with E-state index in [4.69, 9.17) is 18.9 Å². The molecule has 0 saturated heterocycles. The lowest BCUT2D eigenvalue weighted by molar-refractivity contribution is -0.393. The van der Waals surface area contributed by atoms with E-state index in [1.54, 1.807) is 30.3 Å². The second-order valence-electron chi connectivity index (χ2n) is 11.2. The molecule has 15 nitrogen and oxygen atoms in total. The van der Waals surface area contributed by atoms with Crippen LogP contribution in [-0.2, 0) is 19.8 Å². The topological polar surface area (TPSA) is 210 Å². The van der Waals surface area contributed by atoms with E-state index in [2.05, 4.69) is 5.32 Å². The highest BCUT2D eigenvalue weighted by molar-refractivity contribution is 6.01. The SMILES string of the molecule is O=C(CCCOCCOCCNc1ccc([N+](=O)[O-])cc1[N+](=O)[O-])c1ccc2c(c1)C1(OC2=O)c2ccc(O)cc2Oc2cc(O)ccc21. The number of phenolic OH excluding ortho intramolecular Hbond substituents is 2. The van der Waals surface area contributed by atoms with Crippen LogP contribution in [0.2, 0.25) is 0 Å². The largest absolute Gasteiger partial charge is 0.508 e. The Hall–Kier alpha value is -6.06. The van der Waals surface area contributed by atoms with Gasteiger partial charge in [-0.25, -0.2) is 4.79 Å². The van der Waals surface area contributed by atoms with Gasteiger partial charge in [0, 0.05) is 60.0 Å². The number of phenols is 2. The van der Waals surface area contributed by atoms with Gasteiger partial charge in [0.05, 0.1) is 41.3 Å². The maximum atomic E-state index is 13.2. The Bertz CT molecular complexity index is 1930. The van der Waals surface area contributed by atoms with Gasteiger partial charge in [0.1, 0.15) is 28.7 Å². The number of fused-ring (bicyclic) bond motifs is 6. The number of hydrogen-bond donors (Lipinski definition) is 3. The monoisotopic (exact) mass is 671 g/mol. The number of Topliss-reactive ketones (excluding diaryl/α,β-unsaturated/α-hetero) is 1. The molecule has 0 aliphatic carbocycles. The summed E-state index contributed by atoms with van der Waals surface area (Å²) >= 11 is 0. The number of rotatable bonds is 14.